The molecule has 9 nitrogen and oxygen atoms in total. The van der Waals surface area contributed by atoms with Gasteiger partial charge in [0.05, 0.1) is 28.9 Å². The van der Waals surface area contributed by atoms with Gasteiger partial charge in [0.2, 0.25) is 0 Å². The largest absolute Gasteiger partial charge is 0.506 e. The molecule has 0 saturated carbocycles. The van der Waals surface area contributed by atoms with Crippen molar-refractivity contribution in [3.05, 3.63) is 71.0 Å². The predicted octanol–water partition coefficient (Wildman–Crippen LogP) is 6.43. The average Bonchev–Trinajstić information content (AvgIpc) is 3.26. The van der Waals surface area contributed by atoms with Crippen molar-refractivity contribution in [2.24, 2.45) is 10.2 Å². The van der Waals surface area contributed by atoms with Crippen molar-refractivity contribution in [3.8, 4) is 16.9 Å². The van der Waals surface area contributed by atoms with E-state index in [0.29, 0.717) is 55.3 Å². The molecule has 0 spiro atoms. The molecular formula is C25H19ClN6O3. The van der Waals surface area contributed by atoms with Gasteiger partial charge >= 0.3 is 5.97 Å². The van der Waals surface area contributed by atoms with Gasteiger partial charge in [0.1, 0.15) is 11.3 Å². The maximum Gasteiger partial charge on any atom is 0.340 e. The van der Waals surface area contributed by atoms with E-state index in [4.69, 9.17) is 16.3 Å². The van der Waals surface area contributed by atoms with Crippen LogP contribution in [0.5, 0.6) is 5.75 Å². The molecule has 0 aliphatic heterocycles. The highest BCUT2D eigenvalue weighted by atomic mass is 35.5. The van der Waals surface area contributed by atoms with E-state index < -0.39 is 5.97 Å². The number of pyridine rings is 2. The summed E-state index contributed by atoms with van der Waals surface area (Å²) in [6.07, 6.45) is 1.59. The Morgan fingerprint density at radius 2 is 1.94 bits per heavy atom. The Kier molecular flexibility index (Phi) is 5.84. The van der Waals surface area contributed by atoms with Gasteiger partial charge in [0.15, 0.2) is 11.5 Å². The molecular weight excluding hydrogens is 468 g/mol. The van der Waals surface area contributed by atoms with Gasteiger partial charge in [-0.1, -0.05) is 23.7 Å². The number of H-pyrrole nitrogens is 1. The first-order valence-electron chi connectivity index (χ1n) is 10.8. The number of rotatable bonds is 5. The number of nitrogens with one attached hydrogen (secondary N) is 1. The molecule has 0 unspecified atom stereocenters. The lowest BCUT2D eigenvalue weighted by molar-refractivity contribution is 0.0526. The summed E-state index contributed by atoms with van der Waals surface area (Å²) in [7, 11) is 0. The number of nitrogens with zero attached hydrogens (tertiary/aromatic N) is 5. The first-order chi connectivity index (χ1) is 17.0. The predicted molar refractivity (Wildman–Crippen MR) is 133 cm³/mol. The van der Waals surface area contributed by atoms with Crippen LogP contribution in [0.15, 0.2) is 65.0 Å². The second kappa shape index (κ2) is 9.11. The van der Waals surface area contributed by atoms with Crippen molar-refractivity contribution in [2.45, 2.75) is 13.8 Å². The summed E-state index contributed by atoms with van der Waals surface area (Å²) in [5, 5.41) is 27.8. The van der Waals surface area contributed by atoms with Gasteiger partial charge in [-0.2, -0.15) is 5.10 Å². The lowest BCUT2D eigenvalue weighted by Crippen LogP contribution is -2.10. The summed E-state index contributed by atoms with van der Waals surface area (Å²) in [6.45, 7) is 3.70. The molecule has 174 valence electrons. The maximum absolute atomic E-state index is 13.0. The molecule has 0 atom stereocenters. The Hall–Kier alpha value is -4.37. The van der Waals surface area contributed by atoms with Crippen LogP contribution in [0.4, 0.5) is 11.5 Å². The van der Waals surface area contributed by atoms with E-state index in [-0.39, 0.29) is 12.4 Å². The molecule has 35 heavy (non-hydrogen) atoms. The number of carbonyl (C=O) groups is 1. The Labute approximate surface area is 204 Å². The van der Waals surface area contributed by atoms with Crippen LogP contribution in [-0.2, 0) is 4.74 Å². The molecule has 0 bridgehead atoms. The van der Waals surface area contributed by atoms with Crippen molar-refractivity contribution < 1.29 is 14.6 Å². The van der Waals surface area contributed by atoms with Crippen LogP contribution in [0.3, 0.4) is 0 Å². The van der Waals surface area contributed by atoms with E-state index in [0.717, 1.165) is 5.56 Å². The zero-order chi connectivity index (χ0) is 24.5. The number of benzene rings is 2. The number of phenols is 1. The van der Waals surface area contributed by atoms with Gasteiger partial charge in [-0.3, -0.25) is 10.1 Å². The van der Waals surface area contributed by atoms with Gasteiger partial charge in [-0.25, -0.2) is 9.78 Å². The highest BCUT2D eigenvalue weighted by Gasteiger charge is 2.25. The third-order valence-corrected chi connectivity index (χ3v) is 5.71. The molecule has 0 saturated heterocycles. The normalized spacial score (nSPS) is 11.5. The van der Waals surface area contributed by atoms with Gasteiger partial charge < -0.3 is 9.84 Å². The number of esters is 1. The number of azo groups is 1. The third-order valence-electron chi connectivity index (χ3n) is 5.46. The van der Waals surface area contributed by atoms with E-state index in [1.165, 1.54) is 6.07 Å². The van der Waals surface area contributed by atoms with E-state index in [2.05, 4.69) is 30.4 Å². The number of phenolic OH excluding ortho intramolecular Hbond substituents is 1. The number of ether oxygens (including phenoxy) is 1. The van der Waals surface area contributed by atoms with Crippen molar-refractivity contribution in [1.82, 2.24) is 20.2 Å². The monoisotopic (exact) mass is 486 g/mol. The molecule has 2 aromatic carbocycles. The van der Waals surface area contributed by atoms with Crippen LogP contribution in [0.1, 0.15) is 23.0 Å². The van der Waals surface area contributed by atoms with Crippen molar-refractivity contribution in [3.63, 3.8) is 0 Å². The zero-order valence-corrected chi connectivity index (χ0v) is 19.5. The lowest BCUT2D eigenvalue weighted by atomic mass is 9.96. The van der Waals surface area contributed by atoms with Crippen molar-refractivity contribution >= 4 is 51.0 Å². The van der Waals surface area contributed by atoms with Crippen LogP contribution >= 0.6 is 11.6 Å². The fourth-order valence-corrected chi connectivity index (χ4v) is 4.05. The highest BCUT2D eigenvalue weighted by molar-refractivity contribution is 6.30. The van der Waals surface area contributed by atoms with E-state index in [1.54, 1.807) is 50.4 Å². The van der Waals surface area contributed by atoms with Gasteiger partial charge in [-0.15, -0.1) is 10.2 Å². The van der Waals surface area contributed by atoms with E-state index in [1.807, 2.05) is 12.1 Å². The fourth-order valence-electron chi connectivity index (χ4n) is 3.92. The molecule has 5 aromatic rings. The SMILES string of the molecule is CCOC(=O)c1c(C)nc2n[nH]c(N=Nc3ccc(O)c4ncccc34)c2c1-c1ccc(Cl)cc1. The highest BCUT2D eigenvalue weighted by Crippen LogP contribution is 2.39. The number of carbonyl (C=O) groups excluding carboxylic acids is 1. The first kappa shape index (κ1) is 22.4. The van der Waals surface area contributed by atoms with Crippen LogP contribution in [-0.4, -0.2) is 37.8 Å². The number of aromatic amines is 1. The van der Waals surface area contributed by atoms with Gasteiger partial charge in [0.25, 0.3) is 0 Å². The second-order valence-corrected chi connectivity index (χ2v) is 8.09. The number of aromatic hydroxyl groups is 1. The molecule has 2 N–H and O–H groups in total. The average molecular weight is 487 g/mol. The fraction of sp³-hybridized carbons (Fsp3) is 0.120. The van der Waals surface area contributed by atoms with E-state index >= 15 is 0 Å². The van der Waals surface area contributed by atoms with Crippen LogP contribution in [0.2, 0.25) is 5.02 Å². The van der Waals surface area contributed by atoms with Crippen LogP contribution in [0, 0.1) is 6.92 Å². The number of aromatic nitrogens is 4. The minimum Gasteiger partial charge on any atom is -0.506 e. The zero-order valence-electron chi connectivity index (χ0n) is 18.8. The summed E-state index contributed by atoms with van der Waals surface area (Å²) in [4.78, 5) is 21.7. The standard InChI is InChI=1S/C25H19ClN6O3/c1-3-35-25(34)19-13(2)28-23-21(20(19)14-6-8-15(26)9-7-14)24(32-30-23)31-29-17-10-11-18(33)22-16(17)5-4-12-27-22/h4-12,33H,3H2,1-2H3,(H,28,30,32). The summed E-state index contributed by atoms with van der Waals surface area (Å²) in [5.74, 6) is -0.132. The first-order valence-corrected chi connectivity index (χ1v) is 11.2. The lowest BCUT2D eigenvalue weighted by Gasteiger charge is -2.13. The Bertz CT molecular complexity index is 1610. The molecule has 5 rings (SSSR count). The molecule has 10 heteroatoms. The molecule has 0 aliphatic rings. The molecule has 0 amide bonds. The summed E-state index contributed by atoms with van der Waals surface area (Å²) < 4.78 is 5.33. The topological polar surface area (TPSA) is 126 Å². The number of halogens is 1. The van der Waals surface area contributed by atoms with E-state index in [9.17, 15) is 9.90 Å². The maximum atomic E-state index is 13.0. The summed E-state index contributed by atoms with van der Waals surface area (Å²) >= 11 is 6.11. The smallest absolute Gasteiger partial charge is 0.340 e. The Morgan fingerprint density at radius 1 is 1.14 bits per heavy atom. The van der Waals surface area contributed by atoms with Crippen LogP contribution in [0.25, 0.3) is 33.1 Å². The minimum atomic E-state index is -0.496. The number of hydrogen-bond acceptors (Lipinski definition) is 8. The molecule has 3 heterocycles. The summed E-state index contributed by atoms with van der Waals surface area (Å²) in [5.41, 5.74) is 3.40. The molecule has 3 aromatic heterocycles. The van der Waals surface area contributed by atoms with Crippen molar-refractivity contribution in [1.29, 1.82) is 0 Å². The van der Waals surface area contributed by atoms with Crippen LogP contribution < -0.4 is 0 Å². The van der Waals surface area contributed by atoms with Crippen molar-refractivity contribution in [2.75, 3.05) is 6.61 Å². The Balaban J connectivity index is 1.74. The minimum absolute atomic E-state index is 0.0512. The molecule has 0 radical (unpaired) electrons. The quantitative estimate of drug-likeness (QED) is 0.217. The third kappa shape index (κ3) is 4.06. The Morgan fingerprint density at radius 3 is 2.71 bits per heavy atom. The second-order valence-electron chi connectivity index (χ2n) is 7.65. The van der Waals surface area contributed by atoms with Gasteiger partial charge in [-0.05, 0) is 55.8 Å². The number of hydrogen-bond donors (Lipinski definition) is 2. The summed E-state index contributed by atoms with van der Waals surface area (Å²) in [6, 6.07) is 13.8. The number of fused-ring (bicyclic) bond motifs is 2. The molecule has 0 aliphatic carbocycles. The number of aryl methyl sites for hydroxylation is 1. The molecule has 0 fully saturated rings. The van der Waals surface area contributed by atoms with Gasteiger partial charge in [0, 0.05) is 22.2 Å².